The number of hydrogen-bond acceptors (Lipinski definition) is 7. The van der Waals surface area contributed by atoms with E-state index in [0.717, 1.165) is 19.1 Å². The number of aromatic hydroxyl groups is 2. The zero-order valence-corrected chi connectivity index (χ0v) is 24.4. The molecule has 0 spiro atoms. The number of hydrogen-bond donors (Lipinski definition) is 4. The summed E-state index contributed by atoms with van der Waals surface area (Å²) in [6, 6.07) is 16.2. The third-order valence-corrected chi connectivity index (χ3v) is 8.76. The second-order valence-electron chi connectivity index (χ2n) is 10.7. The van der Waals surface area contributed by atoms with Gasteiger partial charge in [-0.2, -0.15) is 0 Å². The molecule has 1 aliphatic heterocycles. The zero-order valence-electron chi connectivity index (χ0n) is 22.9. The van der Waals surface area contributed by atoms with E-state index in [2.05, 4.69) is 10.2 Å². The summed E-state index contributed by atoms with van der Waals surface area (Å²) in [4.78, 5) is 35.4. The summed E-state index contributed by atoms with van der Waals surface area (Å²) in [7, 11) is -3.57. The summed E-state index contributed by atoms with van der Waals surface area (Å²) in [5.74, 6) is -2.29. The molecular formula is C30H32ClN3O7S. The quantitative estimate of drug-likeness (QED) is 0.221. The molecular weight excluding hydrogens is 582 g/mol. The molecule has 3 aromatic rings. The molecule has 1 saturated carbocycles. The fourth-order valence-corrected chi connectivity index (χ4v) is 6.93. The number of rotatable bonds is 8. The predicted molar refractivity (Wildman–Crippen MR) is 156 cm³/mol. The summed E-state index contributed by atoms with van der Waals surface area (Å²) in [5, 5.41) is 19.8. The number of phenols is 2. The molecule has 0 bridgehead atoms. The maximum Gasteiger partial charge on any atom is 0.255 e. The van der Waals surface area contributed by atoms with Crippen LogP contribution in [0.5, 0.6) is 11.5 Å². The van der Waals surface area contributed by atoms with E-state index in [1.54, 1.807) is 59.5 Å². The number of sulfonamides is 1. The first-order chi connectivity index (χ1) is 20.0. The molecule has 12 heteroatoms. The topological polar surface area (TPSA) is 145 Å². The van der Waals surface area contributed by atoms with Gasteiger partial charge in [-0.15, -0.1) is 0 Å². The van der Waals surface area contributed by atoms with Crippen molar-refractivity contribution in [2.45, 2.75) is 56.3 Å². The molecule has 10 nitrogen and oxygen atoms in total. The molecule has 0 saturated heterocycles. The van der Waals surface area contributed by atoms with E-state index < -0.39 is 40.0 Å². The third kappa shape index (κ3) is 6.39. The Kier molecular flexibility index (Phi) is 8.74. The Morgan fingerprint density at radius 2 is 1.74 bits per heavy atom. The van der Waals surface area contributed by atoms with Gasteiger partial charge in [0, 0.05) is 22.7 Å². The van der Waals surface area contributed by atoms with Crippen LogP contribution in [0.3, 0.4) is 0 Å². The minimum atomic E-state index is -3.57. The minimum absolute atomic E-state index is 0.0921. The fourth-order valence-electron chi connectivity index (χ4n) is 5.98. The van der Waals surface area contributed by atoms with Gasteiger partial charge in [-0.05, 0) is 59.9 Å². The minimum Gasteiger partial charge on any atom is -0.504 e. The molecule has 0 radical (unpaired) electrons. The van der Waals surface area contributed by atoms with Crippen LogP contribution in [0.4, 0.5) is 0 Å². The van der Waals surface area contributed by atoms with E-state index in [4.69, 9.17) is 16.4 Å². The molecule has 1 heterocycles. The Balaban J connectivity index is 1.55. The van der Waals surface area contributed by atoms with Crippen LogP contribution in [-0.2, 0) is 26.3 Å². The largest absolute Gasteiger partial charge is 0.504 e. The van der Waals surface area contributed by atoms with Gasteiger partial charge in [0.1, 0.15) is 0 Å². The first-order valence-corrected chi connectivity index (χ1v) is 15.9. The van der Waals surface area contributed by atoms with E-state index in [0.29, 0.717) is 40.1 Å². The number of fused-ring (bicyclic) bond motifs is 1. The highest BCUT2D eigenvalue weighted by Gasteiger charge is 2.49. The molecule has 4 atom stereocenters. The molecule has 5 rings (SSSR count). The fraction of sp³-hybridized carbons (Fsp3) is 0.333. The van der Waals surface area contributed by atoms with Gasteiger partial charge in [-0.1, -0.05) is 60.8 Å². The first kappa shape index (κ1) is 29.8. The Morgan fingerprint density at radius 1 is 1.02 bits per heavy atom. The molecule has 1 fully saturated rings. The van der Waals surface area contributed by atoms with Gasteiger partial charge in [-0.25, -0.2) is 18.6 Å². The van der Waals surface area contributed by atoms with E-state index in [-0.39, 0.29) is 24.0 Å². The summed E-state index contributed by atoms with van der Waals surface area (Å²) in [6.07, 6.45) is 3.81. The van der Waals surface area contributed by atoms with Crippen molar-refractivity contribution in [2.75, 3.05) is 6.26 Å². The molecule has 42 heavy (non-hydrogen) atoms. The average Bonchev–Trinajstić information content (AvgIpc) is 2.95. The SMILES string of the molecule is CS(=O)(=O)N[C@H]1CCCCC1N1C(=O)c2ccccc2[C@@H](C(=O)NOCc2ccc(O)c(O)c2)[C@@H]1c1ccc(Cl)cc1. The van der Waals surface area contributed by atoms with Crippen molar-refractivity contribution in [3.8, 4) is 11.5 Å². The van der Waals surface area contributed by atoms with Crippen LogP contribution >= 0.6 is 11.6 Å². The Morgan fingerprint density at radius 3 is 2.45 bits per heavy atom. The van der Waals surface area contributed by atoms with Crippen LogP contribution in [-0.4, -0.2) is 53.7 Å². The van der Waals surface area contributed by atoms with E-state index in [1.807, 2.05) is 0 Å². The van der Waals surface area contributed by atoms with Crippen LogP contribution in [0.15, 0.2) is 66.7 Å². The van der Waals surface area contributed by atoms with Crippen LogP contribution in [0.2, 0.25) is 5.02 Å². The summed E-state index contributed by atoms with van der Waals surface area (Å²) in [6.45, 7) is -0.0921. The van der Waals surface area contributed by atoms with Crippen molar-refractivity contribution in [1.82, 2.24) is 15.1 Å². The van der Waals surface area contributed by atoms with E-state index in [9.17, 15) is 28.2 Å². The molecule has 2 amide bonds. The third-order valence-electron chi connectivity index (χ3n) is 7.77. The lowest BCUT2D eigenvalue weighted by atomic mass is 9.76. The number of hydroxylamine groups is 1. The predicted octanol–water partition coefficient (Wildman–Crippen LogP) is 4.14. The summed E-state index contributed by atoms with van der Waals surface area (Å²) >= 11 is 6.20. The Hall–Kier alpha value is -3.64. The van der Waals surface area contributed by atoms with Crippen LogP contribution in [0.1, 0.15) is 64.7 Å². The lowest BCUT2D eigenvalue weighted by Crippen LogP contribution is -2.59. The monoisotopic (exact) mass is 613 g/mol. The molecule has 1 unspecified atom stereocenters. The van der Waals surface area contributed by atoms with Gasteiger partial charge in [0.05, 0.1) is 24.8 Å². The van der Waals surface area contributed by atoms with Gasteiger partial charge < -0.3 is 15.1 Å². The number of carbonyl (C=O) groups is 2. The molecule has 2 aliphatic rings. The van der Waals surface area contributed by atoms with Crippen molar-refractivity contribution in [2.24, 2.45) is 0 Å². The van der Waals surface area contributed by atoms with Crippen LogP contribution in [0.25, 0.3) is 0 Å². The Labute approximate surface area is 249 Å². The van der Waals surface area contributed by atoms with Crippen molar-refractivity contribution in [3.63, 3.8) is 0 Å². The second-order valence-corrected chi connectivity index (χ2v) is 12.9. The number of nitrogens with one attached hydrogen (secondary N) is 2. The number of amides is 2. The van der Waals surface area contributed by atoms with Crippen molar-refractivity contribution in [1.29, 1.82) is 0 Å². The number of benzene rings is 3. The first-order valence-electron chi connectivity index (χ1n) is 13.6. The maximum atomic E-state index is 14.2. The second kappa shape index (κ2) is 12.3. The van der Waals surface area contributed by atoms with Crippen molar-refractivity contribution >= 4 is 33.4 Å². The molecule has 0 aromatic heterocycles. The average molecular weight is 614 g/mol. The van der Waals surface area contributed by atoms with Gasteiger partial charge >= 0.3 is 0 Å². The number of carbonyl (C=O) groups excluding carboxylic acids is 2. The number of nitrogens with zero attached hydrogens (tertiary/aromatic N) is 1. The standard InChI is InChI=1S/C30H32ClN3O7S/c1-42(39,40)33-23-8-4-5-9-24(23)34-28(19-11-13-20(31)14-12-19)27(21-6-2-3-7-22(21)30(34)38)29(37)32-41-17-18-10-15-25(35)26(36)16-18/h2-3,6-7,10-16,23-24,27-28,33,35-36H,4-5,8-9,17H2,1H3,(H,32,37)/t23-,24?,27+,28-/m0/s1. The Bertz CT molecular complexity index is 1580. The van der Waals surface area contributed by atoms with Crippen LogP contribution < -0.4 is 10.2 Å². The van der Waals surface area contributed by atoms with Gasteiger partial charge in [-0.3, -0.25) is 14.4 Å². The lowest BCUT2D eigenvalue weighted by molar-refractivity contribution is -0.138. The van der Waals surface area contributed by atoms with Gasteiger partial charge in [0.15, 0.2) is 11.5 Å². The molecule has 1 aliphatic carbocycles. The zero-order chi connectivity index (χ0) is 30.0. The highest BCUT2D eigenvalue weighted by molar-refractivity contribution is 7.88. The maximum absolute atomic E-state index is 14.2. The lowest BCUT2D eigenvalue weighted by Gasteiger charge is -2.49. The van der Waals surface area contributed by atoms with Crippen LogP contribution in [0, 0.1) is 0 Å². The van der Waals surface area contributed by atoms with E-state index in [1.165, 1.54) is 12.1 Å². The van der Waals surface area contributed by atoms with Crippen molar-refractivity contribution < 1.29 is 33.1 Å². The number of halogens is 1. The molecule has 3 aromatic carbocycles. The van der Waals surface area contributed by atoms with Crippen molar-refractivity contribution in [3.05, 3.63) is 94.0 Å². The molecule has 222 valence electrons. The smallest absolute Gasteiger partial charge is 0.255 e. The highest BCUT2D eigenvalue weighted by atomic mass is 35.5. The summed E-state index contributed by atoms with van der Waals surface area (Å²) in [5.41, 5.74) is 4.56. The molecule has 4 N–H and O–H groups in total. The van der Waals surface area contributed by atoms with E-state index >= 15 is 0 Å². The normalized spacial score (nSPS) is 22.4. The van der Waals surface area contributed by atoms with Gasteiger partial charge in [0.2, 0.25) is 10.0 Å². The highest BCUT2D eigenvalue weighted by Crippen LogP contribution is 2.46. The summed E-state index contributed by atoms with van der Waals surface area (Å²) < 4.78 is 27.3. The number of phenolic OH excluding ortho intramolecular Hbond substituents is 2. The van der Waals surface area contributed by atoms with Gasteiger partial charge in [0.25, 0.3) is 11.8 Å².